The maximum absolute atomic E-state index is 6.03. The van der Waals surface area contributed by atoms with E-state index in [1.165, 1.54) is 10.9 Å². The van der Waals surface area contributed by atoms with Gasteiger partial charge in [0.1, 0.15) is 18.1 Å². The van der Waals surface area contributed by atoms with Gasteiger partial charge in [0.25, 0.3) is 0 Å². The van der Waals surface area contributed by atoms with E-state index < -0.39 is 0 Å². The molecule has 5 aromatic rings. The quantitative estimate of drug-likeness (QED) is 0.191. The molecule has 0 saturated heterocycles. The highest BCUT2D eigenvalue weighted by Crippen LogP contribution is 2.23. The third-order valence-corrected chi connectivity index (χ3v) is 7.01. The van der Waals surface area contributed by atoms with Crippen molar-refractivity contribution < 1.29 is 9.47 Å². The van der Waals surface area contributed by atoms with E-state index in [9.17, 15) is 0 Å². The van der Waals surface area contributed by atoms with Gasteiger partial charge in [-0.25, -0.2) is 0 Å². The smallest absolute Gasteiger partial charge is 0.130 e. The molecule has 3 aromatic heterocycles. The highest BCUT2D eigenvalue weighted by atomic mass is 16.5. The molecule has 6 heteroatoms. The molecular formula is C36H32N4O2. The molecule has 0 radical (unpaired) electrons. The minimum absolute atomic E-state index is 0.413. The van der Waals surface area contributed by atoms with Gasteiger partial charge in [0, 0.05) is 36.0 Å². The van der Waals surface area contributed by atoms with Crippen molar-refractivity contribution in [1.29, 1.82) is 0 Å². The monoisotopic (exact) mass is 552 g/mol. The number of nitrogens with one attached hydrogen (secondary N) is 1. The van der Waals surface area contributed by atoms with Crippen LogP contribution in [0.4, 0.5) is 0 Å². The summed E-state index contributed by atoms with van der Waals surface area (Å²) in [6.45, 7) is 1.09. The number of fused-ring (bicyclic) bond motifs is 1. The Bertz CT molecular complexity index is 1810. The summed E-state index contributed by atoms with van der Waals surface area (Å²) in [7, 11) is 1.68. The first-order valence-corrected chi connectivity index (χ1v) is 14.0. The van der Waals surface area contributed by atoms with Crippen LogP contribution in [-0.2, 0) is 22.6 Å². The van der Waals surface area contributed by atoms with E-state index in [-0.39, 0.29) is 0 Å². The molecular weight excluding hydrogens is 520 g/mol. The predicted molar refractivity (Wildman–Crippen MR) is 169 cm³/mol. The Morgan fingerprint density at radius 1 is 0.929 bits per heavy atom. The normalized spacial score (nSPS) is 13.7. The van der Waals surface area contributed by atoms with Gasteiger partial charge in [-0.1, -0.05) is 66.8 Å². The number of H-pyrrole nitrogens is 1. The Hall–Kier alpha value is -5.36. The molecule has 2 aromatic carbocycles. The van der Waals surface area contributed by atoms with E-state index in [1.54, 1.807) is 13.3 Å². The summed E-state index contributed by atoms with van der Waals surface area (Å²) >= 11 is 0. The molecule has 0 spiro atoms. The minimum Gasteiger partial charge on any atom is -0.496 e. The van der Waals surface area contributed by atoms with Crippen LogP contribution in [0.15, 0.2) is 133 Å². The lowest BCUT2D eigenvalue weighted by atomic mass is 10.1. The molecule has 0 atom stereocenters. The number of nitrogens with zero attached hydrogens (tertiary/aromatic N) is 3. The molecule has 0 unspecified atom stereocenters. The van der Waals surface area contributed by atoms with Crippen LogP contribution in [0.1, 0.15) is 34.6 Å². The van der Waals surface area contributed by atoms with Gasteiger partial charge >= 0.3 is 0 Å². The molecule has 6 rings (SSSR count). The highest BCUT2D eigenvalue weighted by Gasteiger charge is 2.10. The number of benzene rings is 2. The van der Waals surface area contributed by atoms with E-state index in [0.717, 1.165) is 45.3 Å². The fourth-order valence-electron chi connectivity index (χ4n) is 4.81. The van der Waals surface area contributed by atoms with Crippen LogP contribution < -0.4 is 0 Å². The Kier molecular flexibility index (Phi) is 8.23. The summed E-state index contributed by atoms with van der Waals surface area (Å²) in [5.41, 5.74) is 7.16. The summed E-state index contributed by atoms with van der Waals surface area (Å²) in [4.78, 5) is 7.63. The van der Waals surface area contributed by atoms with E-state index in [4.69, 9.17) is 14.6 Å². The summed E-state index contributed by atoms with van der Waals surface area (Å²) in [5, 5.41) is 6.14. The first kappa shape index (κ1) is 26.8. The zero-order valence-electron chi connectivity index (χ0n) is 23.5. The van der Waals surface area contributed by atoms with Crippen molar-refractivity contribution in [3.05, 3.63) is 161 Å². The van der Waals surface area contributed by atoms with Gasteiger partial charge in [0.05, 0.1) is 30.7 Å². The number of rotatable bonds is 10. The van der Waals surface area contributed by atoms with Gasteiger partial charge in [0.15, 0.2) is 0 Å². The largest absolute Gasteiger partial charge is 0.496 e. The first-order chi connectivity index (χ1) is 20.7. The van der Waals surface area contributed by atoms with Crippen molar-refractivity contribution in [2.75, 3.05) is 7.11 Å². The second-order valence-corrected chi connectivity index (χ2v) is 9.98. The van der Waals surface area contributed by atoms with Gasteiger partial charge in [-0.05, 0) is 65.1 Å². The molecule has 0 fully saturated rings. The highest BCUT2D eigenvalue weighted by molar-refractivity contribution is 5.83. The van der Waals surface area contributed by atoms with Crippen LogP contribution in [0.25, 0.3) is 29.1 Å². The number of pyridine rings is 1. The van der Waals surface area contributed by atoms with Crippen molar-refractivity contribution in [3.63, 3.8) is 0 Å². The zero-order chi connectivity index (χ0) is 28.6. The summed E-state index contributed by atoms with van der Waals surface area (Å²) < 4.78 is 13.8. The molecule has 0 bridgehead atoms. The maximum atomic E-state index is 6.03. The SMILES string of the molecule is COC1=C(/C=C/c2cc(/C=C/c3ccc4cc[nH]c4c3)n(Cc3ccccc3)n2)C=CCC(OCc2ccccn2)=C1. The van der Waals surface area contributed by atoms with Crippen molar-refractivity contribution in [2.24, 2.45) is 0 Å². The third-order valence-electron chi connectivity index (χ3n) is 7.01. The Labute approximate surface area is 245 Å². The van der Waals surface area contributed by atoms with Crippen LogP contribution in [0.5, 0.6) is 0 Å². The van der Waals surface area contributed by atoms with Crippen LogP contribution in [0.3, 0.4) is 0 Å². The summed E-state index contributed by atoms with van der Waals surface area (Å²) in [5.74, 6) is 1.56. The summed E-state index contributed by atoms with van der Waals surface area (Å²) in [6, 6.07) is 26.8. The zero-order valence-corrected chi connectivity index (χ0v) is 23.5. The second kappa shape index (κ2) is 12.9. The van der Waals surface area contributed by atoms with Gasteiger partial charge in [-0.3, -0.25) is 9.67 Å². The molecule has 42 heavy (non-hydrogen) atoms. The third kappa shape index (κ3) is 6.67. The lowest BCUT2D eigenvalue weighted by Gasteiger charge is -2.09. The van der Waals surface area contributed by atoms with E-state index >= 15 is 0 Å². The van der Waals surface area contributed by atoms with Crippen molar-refractivity contribution in [2.45, 2.75) is 19.6 Å². The van der Waals surface area contributed by atoms with Crippen molar-refractivity contribution in [3.8, 4) is 0 Å². The molecule has 3 heterocycles. The molecule has 1 aliphatic carbocycles. The molecule has 6 nitrogen and oxygen atoms in total. The van der Waals surface area contributed by atoms with E-state index in [0.29, 0.717) is 19.6 Å². The lowest BCUT2D eigenvalue weighted by molar-refractivity contribution is 0.188. The average molecular weight is 553 g/mol. The van der Waals surface area contributed by atoms with E-state index in [2.05, 4.69) is 88.9 Å². The van der Waals surface area contributed by atoms with Gasteiger partial charge < -0.3 is 14.5 Å². The molecule has 0 saturated carbocycles. The molecule has 0 aliphatic heterocycles. The Balaban J connectivity index is 1.25. The maximum Gasteiger partial charge on any atom is 0.130 e. The number of methoxy groups -OCH3 is 1. The fourth-order valence-corrected chi connectivity index (χ4v) is 4.81. The lowest BCUT2D eigenvalue weighted by Crippen LogP contribution is -2.03. The molecule has 1 aliphatic rings. The van der Waals surface area contributed by atoms with Crippen LogP contribution in [-0.4, -0.2) is 26.9 Å². The standard InChI is InChI=1S/C36H32N4O2/c1-41-36-24-34(42-26-32-11-5-6-20-37-32)12-7-10-30(36)16-17-31-23-33(40(39-31)25-28-8-3-2-4-9-28)18-14-27-13-15-29-19-21-38-35(29)22-27/h2-11,13-24,38H,12,25-26H2,1H3/b17-16+,18-14+. The number of aromatic nitrogens is 4. The number of hydrogen-bond donors (Lipinski definition) is 1. The summed E-state index contributed by atoms with van der Waals surface area (Å²) in [6.07, 6.45) is 18.8. The second-order valence-electron chi connectivity index (χ2n) is 9.98. The van der Waals surface area contributed by atoms with Crippen LogP contribution >= 0.6 is 0 Å². The number of hydrogen-bond acceptors (Lipinski definition) is 4. The van der Waals surface area contributed by atoms with Gasteiger partial charge in [-0.2, -0.15) is 5.10 Å². The van der Waals surface area contributed by atoms with Crippen molar-refractivity contribution >= 4 is 29.1 Å². The topological polar surface area (TPSA) is 65.0 Å². The van der Waals surface area contributed by atoms with Crippen molar-refractivity contribution in [1.82, 2.24) is 19.7 Å². The van der Waals surface area contributed by atoms with Crippen LogP contribution in [0, 0.1) is 0 Å². The molecule has 1 N–H and O–H groups in total. The minimum atomic E-state index is 0.413. The Morgan fingerprint density at radius 2 is 1.83 bits per heavy atom. The fraction of sp³-hybridized carbons (Fsp3) is 0.111. The predicted octanol–water partition coefficient (Wildman–Crippen LogP) is 7.95. The molecule has 0 amide bonds. The number of aromatic amines is 1. The Morgan fingerprint density at radius 3 is 2.69 bits per heavy atom. The number of ether oxygens (including phenoxy) is 2. The first-order valence-electron chi connectivity index (χ1n) is 14.0. The average Bonchev–Trinajstić information content (AvgIpc) is 3.60. The van der Waals surface area contributed by atoms with E-state index in [1.807, 2.05) is 53.4 Å². The van der Waals surface area contributed by atoms with Crippen LogP contribution in [0.2, 0.25) is 0 Å². The van der Waals surface area contributed by atoms with Gasteiger partial charge in [-0.15, -0.1) is 0 Å². The molecule has 208 valence electrons. The van der Waals surface area contributed by atoms with Gasteiger partial charge in [0.2, 0.25) is 0 Å². The number of allylic oxidation sites excluding steroid dienone is 5.